The van der Waals surface area contributed by atoms with Crippen molar-refractivity contribution in [3.63, 3.8) is 0 Å². The van der Waals surface area contributed by atoms with Crippen molar-refractivity contribution >= 4 is 5.91 Å². The normalized spacial score (nSPS) is 14.5. The summed E-state index contributed by atoms with van der Waals surface area (Å²) in [5.41, 5.74) is 2.53. The molecule has 0 unspecified atom stereocenters. The minimum Gasteiger partial charge on any atom is -0.493 e. The monoisotopic (exact) mass is 510 g/mol. The summed E-state index contributed by atoms with van der Waals surface area (Å²) in [7, 11) is 4.84. The van der Waals surface area contributed by atoms with Crippen molar-refractivity contribution in [3.8, 4) is 28.6 Å². The van der Waals surface area contributed by atoms with Gasteiger partial charge in [-0.05, 0) is 25.1 Å². The highest BCUT2D eigenvalue weighted by Gasteiger charge is 2.22. The summed E-state index contributed by atoms with van der Waals surface area (Å²) < 4.78 is 22.2. The second kappa shape index (κ2) is 12.1. The van der Waals surface area contributed by atoms with Crippen molar-refractivity contribution in [2.45, 2.75) is 19.9 Å². The number of hydrogen-bond donors (Lipinski definition) is 1. The van der Waals surface area contributed by atoms with Crippen LogP contribution in [0.15, 0.2) is 39.5 Å². The van der Waals surface area contributed by atoms with Gasteiger partial charge in [-0.3, -0.25) is 19.4 Å². The van der Waals surface area contributed by atoms with Gasteiger partial charge in [-0.25, -0.2) is 4.98 Å². The van der Waals surface area contributed by atoms with Crippen LogP contribution in [0.4, 0.5) is 0 Å². The Balaban J connectivity index is 1.24. The number of piperazine rings is 1. The standard InChI is InChI=1S/C27H34N4O6/c1-18-21-7-6-20(32)15-23(21)37-25(29-18)9-10-28-24(33)17-31-13-11-30(12-14-31)16-19-5-8-22(34-2)27(36-4)26(19)35-3/h5-8,15H,9-14,16-17H2,1-4H3,(H,28,33). The van der Waals surface area contributed by atoms with Crippen molar-refractivity contribution < 1.29 is 23.4 Å². The number of aryl methyl sites for hydroxylation is 1. The van der Waals surface area contributed by atoms with Crippen LogP contribution < -0.4 is 25.0 Å². The number of nitrogens with zero attached hydrogens (tertiary/aromatic N) is 3. The van der Waals surface area contributed by atoms with Crippen molar-refractivity contribution in [3.05, 3.63) is 57.7 Å². The molecule has 0 radical (unpaired) electrons. The Morgan fingerprint density at radius 1 is 1.00 bits per heavy atom. The maximum atomic E-state index is 12.5. The lowest BCUT2D eigenvalue weighted by atomic mass is 10.1. The topological polar surface area (TPSA) is 106 Å². The molecule has 3 aliphatic rings. The molecule has 0 saturated carbocycles. The van der Waals surface area contributed by atoms with Crippen molar-refractivity contribution in [2.75, 3.05) is 60.6 Å². The van der Waals surface area contributed by atoms with Crippen LogP contribution >= 0.6 is 0 Å². The number of fused-ring (bicyclic) bond motifs is 1. The highest BCUT2D eigenvalue weighted by molar-refractivity contribution is 5.78. The molecule has 4 rings (SSSR count). The summed E-state index contributed by atoms with van der Waals surface area (Å²) in [4.78, 5) is 33.1. The number of nitrogens with one attached hydrogen (secondary N) is 1. The molecule has 2 aliphatic heterocycles. The zero-order valence-electron chi connectivity index (χ0n) is 21.8. The maximum absolute atomic E-state index is 12.5. The van der Waals surface area contributed by atoms with Crippen molar-refractivity contribution in [1.29, 1.82) is 0 Å². The molecule has 198 valence electrons. The van der Waals surface area contributed by atoms with E-state index in [4.69, 9.17) is 18.6 Å². The van der Waals surface area contributed by atoms with Crippen molar-refractivity contribution in [1.82, 2.24) is 20.1 Å². The van der Waals surface area contributed by atoms with Gasteiger partial charge < -0.3 is 23.9 Å². The fraction of sp³-hybridized carbons (Fsp3) is 0.444. The minimum atomic E-state index is -0.107. The average Bonchev–Trinajstić information content (AvgIpc) is 2.89. The molecule has 10 nitrogen and oxygen atoms in total. The second-order valence-corrected chi connectivity index (χ2v) is 9.00. The molecule has 1 saturated heterocycles. The first-order chi connectivity index (χ1) is 17.9. The Kier molecular flexibility index (Phi) is 8.62. The lowest BCUT2D eigenvalue weighted by Crippen LogP contribution is -2.49. The number of methoxy groups -OCH3 is 3. The third-order valence-electron chi connectivity index (χ3n) is 6.54. The minimum absolute atomic E-state index is 0.0330. The first kappa shape index (κ1) is 26.4. The molecule has 1 aliphatic carbocycles. The van der Waals surface area contributed by atoms with E-state index < -0.39 is 0 Å². The van der Waals surface area contributed by atoms with Gasteiger partial charge in [-0.1, -0.05) is 6.07 Å². The highest BCUT2D eigenvalue weighted by Crippen LogP contribution is 2.40. The molecular formula is C27H34N4O6. The SMILES string of the molecule is COc1ccc(CN2CCN(CC(=O)NCCc3nc(C)c4ccc(=O)cc-4o3)CC2)c(OC)c1OC. The molecule has 1 aromatic carbocycles. The fourth-order valence-electron chi connectivity index (χ4n) is 4.59. The Labute approximate surface area is 216 Å². The zero-order chi connectivity index (χ0) is 26.4. The first-order valence-electron chi connectivity index (χ1n) is 12.3. The van der Waals surface area contributed by atoms with Gasteiger partial charge in [0.15, 0.2) is 22.8 Å². The number of carbonyl (C=O) groups is 1. The van der Waals surface area contributed by atoms with Gasteiger partial charge in [0.2, 0.25) is 11.7 Å². The van der Waals surface area contributed by atoms with E-state index in [1.807, 2.05) is 19.1 Å². The number of aromatic nitrogens is 1. The van der Waals surface area contributed by atoms with Crippen LogP contribution in [0.5, 0.6) is 17.2 Å². The van der Waals surface area contributed by atoms with E-state index in [0.29, 0.717) is 48.4 Å². The molecule has 1 N–H and O–H groups in total. The lowest BCUT2D eigenvalue weighted by Gasteiger charge is -2.34. The van der Waals surface area contributed by atoms with Gasteiger partial charge in [0, 0.05) is 62.9 Å². The van der Waals surface area contributed by atoms with Gasteiger partial charge in [0.1, 0.15) is 5.76 Å². The average molecular weight is 511 g/mol. The molecule has 1 amide bonds. The molecular weight excluding hydrogens is 476 g/mol. The van der Waals surface area contributed by atoms with Crippen LogP contribution in [0.3, 0.4) is 0 Å². The predicted octanol–water partition coefficient (Wildman–Crippen LogP) is 1.95. The summed E-state index contributed by atoms with van der Waals surface area (Å²) >= 11 is 0. The highest BCUT2D eigenvalue weighted by atomic mass is 16.5. The number of rotatable bonds is 10. The Morgan fingerprint density at radius 2 is 1.73 bits per heavy atom. The Bertz CT molecular complexity index is 1250. The van der Waals surface area contributed by atoms with E-state index in [1.165, 1.54) is 12.1 Å². The summed E-state index contributed by atoms with van der Waals surface area (Å²) in [6, 6.07) is 8.57. The summed E-state index contributed by atoms with van der Waals surface area (Å²) in [6.07, 6.45) is 0.451. The van der Waals surface area contributed by atoms with Crippen LogP contribution in [0.25, 0.3) is 11.3 Å². The van der Waals surface area contributed by atoms with Crippen LogP contribution in [0, 0.1) is 6.92 Å². The summed E-state index contributed by atoms with van der Waals surface area (Å²) in [5, 5.41) is 2.95. The molecule has 1 aromatic rings. The molecule has 1 fully saturated rings. The number of benzene rings is 2. The third-order valence-corrected chi connectivity index (χ3v) is 6.54. The first-order valence-corrected chi connectivity index (χ1v) is 12.3. The maximum Gasteiger partial charge on any atom is 0.234 e. The van der Waals surface area contributed by atoms with E-state index in [1.54, 1.807) is 27.4 Å². The van der Waals surface area contributed by atoms with Gasteiger partial charge in [-0.15, -0.1) is 0 Å². The van der Waals surface area contributed by atoms with E-state index in [9.17, 15) is 9.59 Å². The number of hydrogen-bond acceptors (Lipinski definition) is 9. The molecule has 0 aromatic heterocycles. The molecule has 0 atom stereocenters. The third kappa shape index (κ3) is 6.39. The molecule has 0 spiro atoms. The lowest BCUT2D eigenvalue weighted by molar-refractivity contribution is -0.122. The van der Waals surface area contributed by atoms with Gasteiger partial charge >= 0.3 is 0 Å². The smallest absolute Gasteiger partial charge is 0.234 e. The largest absolute Gasteiger partial charge is 0.493 e. The van der Waals surface area contributed by atoms with Crippen LogP contribution in [-0.4, -0.2) is 81.3 Å². The fourth-order valence-corrected chi connectivity index (χ4v) is 4.59. The van der Waals surface area contributed by atoms with Crippen LogP contribution in [0.1, 0.15) is 17.1 Å². The predicted molar refractivity (Wildman–Crippen MR) is 139 cm³/mol. The number of amides is 1. The molecule has 10 heteroatoms. The zero-order valence-corrected chi connectivity index (χ0v) is 21.8. The van der Waals surface area contributed by atoms with Gasteiger partial charge in [0.05, 0.1) is 33.6 Å². The molecule has 37 heavy (non-hydrogen) atoms. The quantitative estimate of drug-likeness (QED) is 0.438. The molecule has 0 bridgehead atoms. The van der Waals surface area contributed by atoms with E-state index in [-0.39, 0.29) is 11.3 Å². The second-order valence-electron chi connectivity index (χ2n) is 9.00. The van der Waals surface area contributed by atoms with E-state index >= 15 is 0 Å². The van der Waals surface area contributed by atoms with E-state index in [2.05, 4.69) is 20.1 Å². The number of ether oxygens (including phenoxy) is 3. The van der Waals surface area contributed by atoms with Gasteiger partial charge in [0.25, 0.3) is 0 Å². The number of carbonyl (C=O) groups excluding carboxylic acids is 1. The van der Waals surface area contributed by atoms with Crippen LogP contribution in [0.2, 0.25) is 0 Å². The Hall–Kier alpha value is -3.63. The summed E-state index contributed by atoms with van der Waals surface area (Å²) in [5.74, 6) is 2.89. The van der Waals surface area contributed by atoms with E-state index in [0.717, 1.165) is 49.5 Å². The Morgan fingerprint density at radius 3 is 2.43 bits per heavy atom. The van der Waals surface area contributed by atoms with Gasteiger partial charge in [-0.2, -0.15) is 0 Å². The van der Waals surface area contributed by atoms with Crippen LogP contribution in [-0.2, 0) is 17.8 Å². The van der Waals surface area contributed by atoms with Crippen molar-refractivity contribution in [2.24, 2.45) is 0 Å². The summed E-state index contributed by atoms with van der Waals surface area (Å²) in [6.45, 7) is 6.62. The molecule has 2 heterocycles.